The van der Waals surface area contributed by atoms with Crippen LogP contribution >= 0.6 is 0 Å². The second-order valence-corrected chi connectivity index (χ2v) is 5.17. The molecule has 0 heterocycles. The zero-order valence-corrected chi connectivity index (χ0v) is 10.9. The molecule has 3 N–H and O–H groups in total. The number of hydrogen-bond acceptors (Lipinski definition) is 2. The highest BCUT2D eigenvalue weighted by molar-refractivity contribution is 5.78. The topological polar surface area (TPSA) is 46.2 Å². The SMILES string of the molecule is NCCC(CO)C1c2ccccc2-c2ccccc21. The third kappa shape index (κ3) is 1.97. The summed E-state index contributed by atoms with van der Waals surface area (Å²) < 4.78 is 0. The number of aliphatic hydroxyl groups is 1. The molecule has 0 spiro atoms. The van der Waals surface area contributed by atoms with Crippen molar-refractivity contribution in [1.82, 2.24) is 0 Å². The maximum atomic E-state index is 9.71. The van der Waals surface area contributed by atoms with Crippen LogP contribution in [0, 0.1) is 5.92 Å². The lowest BCUT2D eigenvalue weighted by Crippen LogP contribution is -2.20. The van der Waals surface area contributed by atoms with Gasteiger partial charge in [-0.25, -0.2) is 0 Å². The molecule has 1 unspecified atom stereocenters. The van der Waals surface area contributed by atoms with Gasteiger partial charge in [0.05, 0.1) is 0 Å². The first-order valence-electron chi connectivity index (χ1n) is 6.86. The summed E-state index contributed by atoms with van der Waals surface area (Å²) in [5.41, 5.74) is 11.0. The molecule has 0 amide bonds. The lowest BCUT2D eigenvalue weighted by atomic mass is 9.83. The van der Waals surface area contributed by atoms with Gasteiger partial charge in [-0.3, -0.25) is 0 Å². The van der Waals surface area contributed by atoms with E-state index in [-0.39, 0.29) is 18.4 Å². The molecule has 2 aromatic carbocycles. The Kier molecular flexibility index (Phi) is 3.36. The average Bonchev–Trinajstić information content (AvgIpc) is 2.80. The van der Waals surface area contributed by atoms with Gasteiger partial charge in [0.1, 0.15) is 0 Å². The molecule has 19 heavy (non-hydrogen) atoms. The third-order valence-corrected chi connectivity index (χ3v) is 4.13. The van der Waals surface area contributed by atoms with Crippen molar-refractivity contribution in [2.75, 3.05) is 13.2 Å². The highest BCUT2D eigenvalue weighted by Crippen LogP contribution is 2.48. The molecular weight excluding hydrogens is 234 g/mol. The molecule has 3 rings (SSSR count). The van der Waals surface area contributed by atoms with E-state index in [0.717, 1.165) is 6.42 Å². The second kappa shape index (κ2) is 5.16. The van der Waals surface area contributed by atoms with Gasteiger partial charge in [-0.15, -0.1) is 0 Å². The first kappa shape index (κ1) is 12.4. The van der Waals surface area contributed by atoms with E-state index in [9.17, 15) is 5.11 Å². The zero-order valence-electron chi connectivity index (χ0n) is 10.9. The summed E-state index contributed by atoms with van der Waals surface area (Å²) in [5, 5.41) is 9.71. The van der Waals surface area contributed by atoms with Crippen LogP contribution in [0.25, 0.3) is 11.1 Å². The molecule has 0 bridgehead atoms. The zero-order chi connectivity index (χ0) is 13.2. The smallest absolute Gasteiger partial charge is 0.0468 e. The molecule has 0 aromatic heterocycles. The first-order valence-corrected chi connectivity index (χ1v) is 6.86. The molecule has 2 heteroatoms. The van der Waals surface area contributed by atoms with Crippen molar-refractivity contribution >= 4 is 0 Å². The Labute approximate surface area is 113 Å². The second-order valence-electron chi connectivity index (χ2n) is 5.17. The lowest BCUT2D eigenvalue weighted by Gasteiger charge is -2.23. The Morgan fingerprint density at radius 1 is 0.947 bits per heavy atom. The number of aliphatic hydroxyl groups excluding tert-OH is 1. The van der Waals surface area contributed by atoms with Crippen molar-refractivity contribution in [3.8, 4) is 11.1 Å². The van der Waals surface area contributed by atoms with Crippen molar-refractivity contribution in [3.05, 3.63) is 59.7 Å². The van der Waals surface area contributed by atoms with Gasteiger partial charge in [0.2, 0.25) is 0 Å². The van der Waals surface area contributed by atoms with E-state index in [0.29, 0.717) is 6.54 Å². The highest BCUT2D eigenvalue weighted by Gasteiger charge is 2.33. The van der Waals surface area contributed by atoms with E-state index in [4.69, 9.17) is 5.73 Å². The van der Waals surface area contributed by atoms with Crippen LogP contribution in [0.4, 0.5) is 0 Å². The van der Waals surface area contributed by atoms with Gasteiger partial charge in [0, 0.05) is 12.5 Å². The highest BCUT2D eigenvalue weighted by atomic mass is 16.3. The lowest BCUT2D eigenvalue weighted by molar-refractivity contribution is 0.208. The van der Waals surface area contributed by atoms with Gasteiger partial charge in [-0.2, -0.15) is 0 Å². The standard InChI is InChI=1S/C17H19NO/c18-10-9-12(11-19)17-15-7-3-1-5-13(15)14-6-2-4-8-16(14)17/h1-8,12,17,19H,9-11,18H2. The molecule has 0 aliphatic heterocycles. The summed E-state index contributed by atoms with van der Waals surface area (Å²) in [7, 11) is 0. The minimum Gasteiger partial charge on any atom is -0.396 e. The molecule has 0 saturated carbocycles. The molecule has 1 aliphatic carbocycles. The van der Waals surface area contributed by atoms with Gasteiger partial charge in [0.15, 0.2) is 0 Å². The number of nitrogens with two attached hydrogens (primary N) is 1. The Morgan fingerprint density at radius 2 is 1.47 bits per heavy atom. The molecule has 0 saturated heterocycles. The van der Waals surface area contributed by atoms with Crippen LogP contribution in [0.3, 0.4) is 0 Å². The quantitative estimate of drug-likeness (QED) is 0.880. The third-order valence-electron chi connectivity index (χ3n) is 4.13. The van der Waals surface area contributed by atoms with Crippen LogP contribution in [-0.4, -0.2) is 18.3 Å². The molecule has 0 radical (unpaired) electrons. The van der Waals surface area contributed by atoms with Gasteiger partial charge in [-0.05, 0) is 41.1 Å². The maximum Gasteiger partial charge on any atom is 0.0468 e. The van der Waals surface area contributed by atoms with Crippen molar-refractivity contribution in [3.63, 3.8) is 0 Å². The minimum absolute atomic E-state index is 0.185. The number of hydrogen-bond donors (Lipinski definition) is 2. The molecule has 0 fully saturated rings. The van der Waals surface area contributed by atoms with Crippen LogP contribution in [0.5, 0.6) is 0 Å². The largest absolute Gasteiger partial charge is 0.396 e. The summed E-state index contributed by atoms with van der Waals surface area (Å²) in [5.74, 6) is 0.482. The molecule has 1 atom stereocenters. The Bertz CT molecular complexity index is 533. The summed E-state index contributed by atoms with van der Waals surface area (Å²) >= 11 is 0. The van der Waals surface area contributed by atoms with Crippen molar-refractivity contribution < 1.29 is 5.11 Å². The van der Waals surface area contributed by atoms with E-state index in [1.54, 1.807) is 0 Å². The van der Waals surface area contributed by atoms with Crippen LogP contribution in [0.2, 0.25) is 0 Å². The number of benzene rings is 2. The van der Waals surface area contributed by atoms with E-state index >= 15 is 0 Å². The van der Waals surface area contributed by atoms with Crippen molar-refractivity contribution in [2.24, 2.45) is 11.7 Å². The minimum atomic E-state index is 0.185. The number of rotatable bonds is 4. The van der Waals surface area contributed by atoms with Crippen molar-refractivity contribution in [1.29, 1.82) is 0 Å². The molecular formula is C17H19NO. The Hall–Kier alpha value is -1.64. The van der Waals surface area contributed by atoms with Gasteiger partial charge in [-0.1, -0.05) is 48.5 Å². The molecule has 2 nitrogen and oxygen atoms in total. The Morgan fingerprint density at radius 3 is 1.95 bits per heavy atom. The van der Waals surface area contributed by atoms with E-state index in [1.807, 2.05) is 0 Å². The van der Waals surface area contributed by atoms with Crippen LogP contribution in [0.1, 0.15) is 23.5 Å². The van der Waals surface area contributed by atoms with Gasteiger partial charge < -0.3 is 10.8 Å². The van der Waals surface area contributed by atoms with Crippen LogP contribution in [-0.2, 0) is 0 Å². The molecule has 1 aliphatic rings. The fraction of sp³-hybridized carbons (Fsp3) is 0.294. The van der Waals surface area contributed by atoms with Gasteiger partial charge >= 0.3 is 0 Å². The van der Waals surface area contributed by atoms with Crippen molar-refractivity contribution in [2.45, 2.75) is 12.3 Å². The van der Waals surface area contributed by atoms with E-state index in [1.165, 1.54) is 22.3 Å². The van der Waals surface area contributed by atoms with Crippen LogP contribution < -0.4 is 5.73 Å². The number of fused-ring (bicyclic) bond motifs is 3. The average molecular weight is 253 g/mol. The molecule has 98 valence electrons. The summed E-state index contributed by atoms with van der Waals surface area (Å²) in [6, 6.07) is 17.0. The monoisotopic (exact) mass is 253 g/mol. The fourth-order valence-electron chi connectivity index (χ4n) is 3.28. The normalized spacial score (nSPS) is 15.1. The van der Waals surface area contributed by atoms with E-state index < -0.39 is 0 Å². The molecule has 2 aromatic rings. The summed E-state index contributed by atoms with van der Waals surface area (Å²) in [6.45, 7) is 0.802. The summed E-state index contributed by atoms with van der Waals surface area (Å²) in [4.78, 5) is 0. The predicted molar refractivity (Wildman–Crippen MR) is 78.0 cm³/mol. The Balaban J connectivity index is 2.14. The van der Waals surface area contributed by atoms with Gasteiger partial charge in [0.25, 0.3) is 0 Å². The van der Waals surface area contributed by atoms with Crippen LogP contribution in [0.15, 0.2) is 48.5 Å². The maximum absolute atomic E-state index is 9.71. The fourth-order valence-corrected chi connectivity index (χ4v) is 3.28. The van der Waals surface area contributed by atoms with E-state index in [2.05, 4.69) is 48.5 Å². The first-order chi connectivity index (χ1) is 9.36. The summed E-state index contributed by atoms with van der Waals surface area (Å²) in [6.07, 6.45) is 0.851. The predicted octanol–water partition coefficient (Wildman–Crippen LogP) is 2.76.